The number of rotatable bonds is 7. The summed E-state index contributed by atoms with van der Waals surface area (Å²) in [6.45, 7) is -0.239. The van der Waals surface area contributed by atoms with Gasteiger partial charge in [-0.2, -0.15) is 18.3 Å². The Bertz CT molecular complexity index is 1280. The highest BCUT2D eigenvalue weighted by atomic mass is 19.4. The molecule has 0 saturated heterocycles. The van der Waals surface area contributed by atoms with Crippen molar-refractivity contribution < 1.29 is 22.7 Å². The summed E-state index contributed by atoms with van der Waals surface area (Å²) >= 11 is 0. The SMILES string of the molecule is O=C(COc1ccc(-c2ccccc2)cc1)N/N=C/c1cccn1-c1cccc(C(F)(F)F)c1. The summed E-state index contributed by atoms with van der Waals surface area (Å²) in [5.74, 6) is 0.0674. The zero-order valence-electron chi connectivity index (χ0n) is 17.9. The van der Waals surface area contributed by atoms with Crippen LogP contribution in [0.15, 0.2) is 102 Å². The molecule has 5 nitrogen and oxygen atoms in total. The summed E-state index contributed by atoms with van der Waals surface area (Å²) in [6, 6.07) is 25.5. The molecule has 0 aliphatic heterocycles. The fourth-order valence-corrected chi connectivity index (χ4v) is 3.29. The molecule has 1 heterocycles. The number of nitrogens with zero attached hydrogens (tertiary/aromatic N) is 2. The molecule has 1 aromatic heterocycles. The zero-order chi connectivity index (χ0) is 24.0. The average Bonchev–Trinajstić information content (AvgIpc) is 3.32. The van der Waals surface area contributed by atoms with Crippen LogP contribution < -0.4 is 10.2 Å². The summed E-state index contributed by atoms with van der Waals surface area (Å²) in [6.07, 6.45) is -1.47. The third kappa shape index (κ3) is 5.72. The second-order valence-electron chi connectivity index (χ2n) is 7.32. The third-order valence-electron chi connectivity index (χ3n) is 4.95. The lowest BCUT2D eigenvalue weighted by atomic mass is 10.1. The van der Waals surface area contributed by atoms with Gasteiger partial charge in [-0.15, -0.1) is 0 Å². The summed E-state index contributed by atoms with van der Waals surface area (Å²) in [7, 11) is 0. The van der Waals surface area contributed by atoms with Gasteiger partial charge >= 0.3 is 6.18 Å². The first-order valence-electron chi connectivity index (χ1n) is 10.4. The molecular formula is C26H20F3N3O2. The minimum Gasteiger partial charge on any atom is -0.484 e. The first-order valence-corrected chi connectivity index (χ1v) is 10.4. The van der Waals surface area contributed by atoms with Crippen molar-refractivity contribution in [3.8, 4) is 22.6 Å². The molecule has 4 aromatic rings. The van der Waals surface area contributed by atoms with Gasteiger partial charge in [0.15, 0.2) is 6.61 Å². The lowest BCUT2D eigenvalue weighted by molar-refractivity contribution is -0.137. The summed E-state index contributed by atoms with van der Waals surface area (Å²) in [5.41, 5.74) is 4.55. The molecule has 0 unspecified atom stereocenters. The van der Waals surface area contributed by atoms with Crippen molar-refractivity contribution in [2.24, 2.45) is 5.10 Å². The smallest absolute Gasteiger partial charge is 0.416 e. The number of hydrogen-bond donors (Lipinski definition) is 1. The molecule has 0 atom stereocenters. The van der Waals surface area contributed by atoms with Crippen molar-refractivity contribution in [1.29, 1.82) is 0 Å². The van der Waals surface area contributed by atoms with E-state index in [2.05, 4.69) is 10.5 Å². The van der Waals surface area contributed by atoms with Gasteiger partial charge in [-0.05, 0) is 53.6 Å². The molecule has 0 aliphatic carbocycles. The molecule has 1 amide bonds. The molecule has 3 aromatic carbocycles. The number of alkyl halides is 3. The predicted molar refractivity (Wildman–Crippen MR) is 124 cm³/mol. The minimum atomic E-state index is -4.44. The van der Waals surface area contributed by atoms with E-state index in [-0.39, 0.29) is 6.61 Å². The van der Waals surface area contributed by atoms with Gasteiger partial charge < -0.3 is 9.30 Å². The van der Waals surface area contributed by atoms with Crippen LogP contribution in [0.2, 0.25) is 0 Å². The normalized spacial score (nSPS) is 11.5. The van der Waals surface area contributed by atoms with E-state index in [1.165, 1.54) is 16.8 Å². The molecule has 0 spiro atoms. The Morgan fingerprint density at radius 2 is 1.65 bits per heavy atom. The molecule has 172 valence electrons. The van der Waals surface area contributed by atoms with Crippen molar-refractivity contribution in [2.75, 3.05) is 6.61 Å². The molecular weight excluding hydrogens is 443 g/mol. The van der Waals surface area contributed by atoms with E-state index in [9.17, 15) is 18.0 Å². The Hall–Kier alpha value is -4.33. The number of carbonyl (C=O) groups excluding carboxylic acids is 1. The number of benzene rings is 3. The summed E-state index contributed by atoms with van der Waals surface area (Å²) in [5, 5.41) is 3.89. The van der Waals surface area contributed by atoms with Gasteiger partial charge in [-0.3, -0.25) is 4.79 Å². The van der Waals surface area contributed by atoms with Crippen LogP contribution in [0.4, 0.5) is 13.2 Å². The van der Waals surface area contributed by atoms with Crippen molar-refractivity contribution in [1.82, 2.24) is 9.99 Å². The number of amides is 1. The fourth-order valence-electron chi connectivity index (χ4n) is 3.29. The van der Waals surface area contributed by atoms with Crippen LogP contribution in [0.25, 0.3) is 16.8 Å². The standard InChI is InChI=1S/C26H20F3N3O2/c27-26(28,29)21-8-4-9-22(16-21)32-15-5-10-23(32)17-30-31-25(33)18-34-24-13-11-20(12-14-24)19-6-2-1-3-7-19/h1-17H,18H2,(H,31,33)/b30-17+. The van der Waals surface area contributed by atoms with Gasteiger partial charge in [0, 0.05) is 11.9 Å². The van der Waals surface area contributed by atoms with Gasteiger partial charge in [0.1, 0.15) is 5.75 Å². The van der Waals surface area contributed by atoms with Crippen LogP contribution >= 0.6 is 0 Å². The molecule has 34 heavy (non-hydrogen) atoms. The van der Waals surface area contributed by atoms with Crippen LogP contribution in [0, 0.1) is 0 Å². The predicted octanol–water partition coefficient (Wildman–Crippen LogP) is 5.69. The molecule has 0 fully saturated rings. The number of halogens is 3. The molecule has 0 saturated carbocycles. The quantitative estimate of drug-likeness (QED) is 0.283. The van der Waals surface area contributed by atoms with Crippen molar-refractivity contribution in [3.05, 3.63) is 108 Å². The molecule has 0 aliphatic rings. The maximum absolute atomic E-state index is 13.0. The lowest BCUT2D eigenvalue weighted by Crippen LogP contribution is -2.24. The number of hydrogen-bond acceptors (Lipinski definition) is 3. The third-order valence-corrected chi connectivity index (χ3v) is 4.95. The van der Waals surface area contributed by atoms with Crippen molar-refractivity contribution in [3.63, 3.8) is 0 Å². The van der Waals surface area contributed by atoms with E-state index in [1.807, 2.05) is 42.5 Å². The fraction of sp³-hybridized carbons (Fsp3) is 0.0769. The number of aromatic nitrogens is 1. The molecule has 1 N–H and O–H groups in total. The van der Waals surface area contributed by atoms with E-state index >= 15 is 0 Å². The van der Waals surface area contributed by atoms with Gasteiger partial charge in [-0.1, -0.05) is 48.5 Å². The minimum absolute atomic E-state index is 0.239. The van der Waals surface area contributed by atoms with E-state index < -0.39 is 17.6 Å². The highest BCUT2D eigenvalue weighted by Crippen LogP contribution is 2.30. The number of ether oxygens (including phenoxy) is 1. The van der Waals surface area contributed by atoms with Gasteiger partial charge in [0.05, 0.1) is 17.5 Å². The van der Waals surface area contributed by atoms with Gasteiger partial charge in [0.2, 0.25) is 0 Å². The Morgan fingerprint density at radius 1 is 0.912 bits per heavy atom. The van der Waals surface area contributed by atoms with Crippen LogP contribution in [0.3, 0.4) is 0 Å². The first kappa shape index (κ1) is 22.8. The van der Waals surface area contributed by atoms with Gasteiger partial charge in [-0.25, -0.2) is 5.43 Å². The van der Waals surface area contributed by atoms with Crippen molar-refractivity contribution in [2.45, 2.75) is 6.18 Å². The molecule has 8 heteroatoms. The first-order chi connectivity index (χ1) is 16.4. The second-order valence-corrected chi connectivity index (χ2v) is 7.32. The average molecular weight is 463 g/mol. The number of carbonyl (C=O) groups is 1. The Morgan fingerprint density at radius 3 is 2.38 bits per heavy atom. The molecule has 0 radical (unpaired) electrons. The van der Waals surface area contributed by atoms with Crippen LogP contribution in [0.5, 0.6) is 5.75 Å². The Balaban J connectivity index is 1.33. The lowest BCUT2D eigenvalue weighted by Gasteiger charge is -2.11. The summed E-state index contributed by atoms with van der Waals surface area (Å²) < 4.78 is 46.0. The topological polar surface area (TPSA) is 55.6 Å². The van der Waals surface area contributed by atoms with Crippen molar-refractivity contribution >= 4 is 12.1 Å². The Kier molecular flexibility index (Phi) is 6.77. The second kappa shape index (κ2) is 10.1. The monoisotopic (exact) mass is 463 g/mol. The highest BCUT2D eigenvalue weighted by Gasteiger charge is 2.30. The van der Waals surface area contributed by atoms with Gasteiger partial charge in [0.25, 0.3) is 5.91 Å². The molecule has 4 rings (SSSR count). The summed E-state index contributed by atoms with van der Waals surface area (Å²) in [4.78, 5) is 12.1. The van der Waals surface area contributed by atoms with E-state index in [0.717, 1.165) is 23.3 Å². The number of nitrogens with one attached hydrogen (secondary N) is 1. The largest absolute Gasteiger partial charge is 0.484 e. The van der Waals surface area contributed by atoms with Crippen LogP contribution in [-0.4, -0.2) is 23.3 Å². The molecule has 0 bridgehead atoms. The highest BCUT2D eigenvalue weighted by molar-refractivity contribution is 5.82. The van der Waals surface area contributed by atoms with Crippen LogP contribution in [0.1, 0.15) is 11.3 Å². The van der Waals surface area contributed by atoms with E-state index in [0.29, 0.717) is 17.1 Å². The Labute approximate surface area is 194 Å². The maximum atomic E-state index is 13.0. The maximum Gasteiger partial charge on any atom is 0.416 e. The van der Waals surface area contributed by atoms with Crippen LogP contribution in [-0.2, 0) is 11.0 Å². The zero-order valence-corrected chi connectivity index (χ0v) is 17.9. The van der Waals surface area contributed by atoms with E-state index in [4.69, 9.17) is 4.74 Å². The van der Waals surface area contributed by atoms with E-state index in [1.54, 1.807) is 36.5 Å². The number of hydrazone groups is 1.